The number of nitrogens with zero attached hydrogens (tertiary/aromatic N) is 4. The predicted octanol–water partition coefficient (Wildman–Crippen LogP) is 5.89. The third-order valence-corrected chi connectivity index (χ3v) is 6.58. The van der Waals surface area contributed by atoms with Gasteiger partial charge in [0.15, 0.2) is 17.3 Å². The van der Waals surface area contributed by atoms with Gasteiger partial charge < -0.3 is 25.0 Å². The number of benzene rings is 2. The Morgan fingerprint density at radius 2 is 1.83 bits per heavy atom. The van der Waals surface area contributed by atoms with Crippen LogP contribution in [0.25, 0.3) is 10.9 Å². The molecule has 10 heteroatoms. The number of nitrogens with one attached hydrogen (secondary N) is 2. The summed E-state index contributed by atoms with van der Waals surface area (Å²) in [5, 5.41) is 7.00. The van der Waals surface area contributed by atoms with Crippen molar-refractivity contribution in [1.29, 1.82) is 0 Å². The van der Waals surface area contributed by atoms with Crippen molar-refractivity contribution in [1.82, 2.24) is 19.9 Å². The standard InChI is InChI=1S/C26H26BrFN6O2/c1-34(2)19-12-20(13-19)36-22-5-4-17(11-23(22)35-3)32-26-29-7-6-24(33-26)31-18-9-15-8-16(27)14-30-25(15)21(28)10-18/h4-11,14,19-20H,12-13H2,1-3H3,(H2,29,31,32,33). The average Bonchev–Trinajstić information content (AvgIpc) is 2.81. The number of ether oxygens (including phenoxy) is 2. The summed E-state index contributed by atoms with van der Waals surface area (Å²) in [4.78, 5) is 15.2. The molecule has 36 heavy (non-hydrogen) atoms. The number of aromatic nitrogens is 3. The molecule has 0 spiro atoms. The van der Waals surface area contributed by atoms with Gasteiger partial charge in [-0.15, -0.1) is 0 Å². The molecule has 0 bridgehead atoms. The van der Waals surface area contributed by atoms with Crippen molar-refractivity contribution in [3.63, 3.8) is 0 Å². The van der Waals surface area contributed by atoms with Crippen LogP contribution in [-0.4, -0.2) is 53.2 Å². The maximum Gasteiger partial charge on any atom is 0.229 e. The summed E-state index contributed by atoms with van der Waals surface area (Å²) in [6, 6.07) is 12.9. The normalized spacial score (nSPS) is 17.1. The van der Waals surface area contributed by atoms with Crippen molar-refractivity contribution >= 4 is 50.0 Å². The average molecular weight is 553 g/mol. The molecule has 2 N–H and O–H groups in total. The SMILES string of the molecule is COc1cc(Nc2nccc(Nc3cc(F)c4ncc(Br)cc4c3)n2)ccc1OC1CC(N(C)C)C1. The van der Waals surface area contributed by atoms with Gasteiger partial charge in [-0.2, -0.15) is 4.98 Å². The van der Waals surface area contributed by atoms with Crippen molar-refractivity contribution in [2.24, 2.45) is 0 Å². The molecule has 1 saturated carbocycles. The third-order valence-electron chi connectivity index (χ3n) is 6.14. The highest BCUT2D eigenvalue weighted by Gasteiger charge is 2.32. The quantitative estimate of drug-likeness (QED) is 0.279. The topological polar surface area (TPSA) is 84.4 Å². The van der Waals surface area contributed by atoms with Crippen molar-refractivity contribution < 1.29 is 13.9 Å². The fourth-order valence-corrected chi connectivity index (χ4v) is 4.44. The Kier molecular flexibility index (Phi) is 6.88. The molecule has 8 nitrogen and oxygen atoms in total. The van der Waals surface area contributed by atoms with Crippen LogP contribution in [0.15, 0.2) is 59.3 Å². The number of hydrogen-bond donors (Lipinski definition) is 2. The second-order valence-corrected chi connectivity index (χ2v) is 9.81. The van der Waals surface area contributed by atoms with E-state index in [1.807, 2.05) is 30.3 Å². The highest BCUT2D eigenvalue weighted by Crippen LogP contribution is 2.36. The lowest BCUT2D eigenvalue weighted by molar-refractivity contribution is 0.0383. The monoisotopic (exact) mass is 552 g/mol. The van der Waals surface area contributed by atoms with Gasteiger partial charge in [0.2, 0.25) is 5.95 Å². The van der Waals surface area contributed by atoms with Gasteiger partial charge in [0.25, 0.3) is 0 Å². The van der Waals surface area contributed by atoms with Gasteiger partial charge in [-0.05, 0) is 79.3 Å². The molecule has 0 saturated heterocycles. The van der Waals surface area contributed by atoms with E-state index in [4.69, 9.17) is 9.47 Å². The molecular formula is C26H26BrFN6O2. The first-order chi connectivity index (χ1) is 17.4. The number of hydrogen-bond acceptors (Lipinski definition) is 8. The van der Waals surface area contributed by atoms with E-state index in [0.717, 1.165) is 23.0 Å². The summed E-state index contributed by atoms with van der Waals surface area (Å²) in [5.74, 6) is 1.83. The van der Waals surface area contributed by atoms with Crippen LogP contribution in [0.3, 0.4) is 0 Å². The minimum absolute atomic E-state index is 0.188. The Morgan fingerprint density at radius 1 is 1.00 bits per heavy atom. The van der Waals surface area contributed by atoms with Gasteiger partial charge in [0.05, 0.1) is 7.11 Å². The van der Waals surface area contributed by atoms with Gasteiger partial charge in [-0.3, -0.25) is 4.98 Å². The molecule has 0 unspecified atom stereocenters. The van der Waals surface area contributed by atoms with Gasteiger partial charge >= 0.3 is 0 Å². The first kappa shape index (κ1) is 24.2. The molecule has 2 aromatic carbocycles. The van der Waals surface area contributed by atoms with Crippen LogP contribution >= 0.6 is 15.9 Å². The first-order valence-electron chi connectivity index (χ1n) is 11.5. The molecule has 0 atom stereocenters. The highest BCUT2D eigenvalue weighted by molar-refractivity contribution is 9.10. The Balaban J connectivity index is 1.28. The Morgan fingerprint density at radius 3 is 2.61 bits per heavy atom. The van der Waals surface area contributed by atoms with Crippen molar-refractivity contribution in [2.75, 3.05) is 31.8 Å². The van der Waals surface area contributed by atoms with Gasteiger partial charge in [0, 0.05) is 45.7 Å². The lowest BCUT2D eigenvalue weighted by atomic mass is 9.88. The maximum absolute atomic E-state index is 14.5. The molecule has 186 valence electrons. The summed E-state index contributed by atoms with van der Waals surface area (Å²) in [5.41, 5.74) is 1.62. The number of anilines is 4. The Labute approximate surface area is 217 Å². The zero-order chi connectivity index (χ0) is 25.2. The first-order valence-corrected chi connectivity index (χ1v) is 12.3. The molecule has 0 amide bonds. The Bertz CT molecular complexity index is 1400. The van der Waals surface area contributed by atoms with Gasteiger partial charge in [-0.25, -0.2) is 9.37 Å². The van der Waals surface area contributed by atoms with E-state index >= 15 is 0 Å². The van der Waals surface area contributed by atoms with E-state index in [0.29, 0.717) is 45.9 Å². The zero-order valence-corrected chi connectivity index (χ0v) is 21.7. The van der Waals surface area contributed by atoms with Crippen LogP contribution in [0.4, 0.5) is 27.5 Å². The number of rotatable bonds is 8. The van der Waals surface area contributed by atoms with Gasteiger partial charge in [0.1, 0.15) is 17.4 Å². The van der Waals surface area contributed by atoms with Crippen LogP contribution in [0, 0.1) is 5.82 Å². The van der Waals surface area contributed by atoms with E-state index in [9.17, 15) is 4.39 Å². The van der Waals surface area contributed by atoms with Crippen molar-refractivity contribution in [3.05, 3.63) is 65.1 Å². The molecule has 1 fully saturated rings. The van der Waals surface area contributed by atoms with Crippen LogP contribution in [0.2, 0.25) is 0 Å². The lowest BCUT2D eigenvalue weighted by Crippen LogP contribution is -2.46. The van der Waals surface area contributed by atoms with E-state index in [-0.39, 0.29) is 6.10 Å². The lowest BCUT2D eigenvalue weighted by Gasteiger charge is -2.39. The summed E-state index contributed by atoms with van der Waals surface area (Å²) >= 11 is 3.38. The number of halogens is 2. The smallest absolute Gasteiger partial charge is 0.229 e. The largest absolute Gasteiger partial charge is 0.493 e. The van der Waals surface area contributed by atoms with E-state index < -0.39 is 5.82 Å². The van der Waals surface area contributed by atoms with E-state index in [1.165, 1.54) is 6.07 Å². The van der Waals surface area contributed by atoms with E-state index in [2.05, 4.69) is 60.5 Å². The second-order valence-electron chi connectivity index (χ2n) is 8.89. The van der Waals surface area contributed by atoms with Crippen LogP contribution in [-0.2, 0) is 0 Å². The minimum Gasteiger partial charge on any atom is -0.493 e. The second kappa shape index (κ2) is 10.2. The van der Waals surface area contributed by atoms with Crippen molar-refractivity contribution in [2.45, 2.75) is 25.0 Å². The van der Waals surface area contributed by atoms with E-state index in [1.54, 1.807) is 25.6 Å². The number of fused-ring (bicyclic) bond motifs is 1. The number of methoxy groups -OCH3 is 1. The highest BCUT2D eigenvalue weighted by atomic mass is 79.9. The third kappa shape index (κ3) is 5.34. The fraction of sp³-hybridized carbons (Fsp3) is 0.269. The number of pyridine rings is 1. The summed E-state index contributed by atoms with van der Waals surface area (Å²) < 4.78 is 27.0. The van der Waals surface area contributed by atoms with Crippen LogP contribution in [0.1, 0.15) is 12.8 Å². The summed E-state index contributed by atoms with van der Waals surface area (Å²) in [6.07, 6.45) is 5.38. The molecule has 1 aliphatic rings. The minimum atomic E-state index is -0.413. The maximum atomic E-state index is 14.5. The molecule has 1 aliphatic carbocycles. The molecule has 5 rings (SSSR count). The van der Waals surface area contributed by atoms with Gasteiger partial charge in [-0.1, -0.05) is 0 Å². The molecule has 4 aromatic rings. The Hall–Kier alpha value is -3.50. The van der Waals surface area contributed by atoms with Crippen molar-refractivity contribution in [3.8, 4) is 11.5 Å². The molecule has 0 radical (unpaired) electrons. The zero-order valence-electron chi connectivity index (χ0n) is 20.1. The fourth-order valence-electron chi connectivity index (χ4n) is 4.09. The molecule has 2 heterocycles. The summed E-state index contributed by atoms with van der Waals surface area (Å²) in [7, 11) is 5.80. The van der Waals surface area contributed by atoms with Crippen LogP contribution < -0.4 is 20.1 Å². The van der Waals surface area contributed by atoms with Crippen LogP contribution in [0.5, 0.6) is 11.5 Å². The molecule has 0 aliphatic heterocycles. The molecule has 2 aromatic heterocycles. The molecular weight excluding hydrogens is 527 g/mol. The predicted molar refractivity (Wildman–Crippen MR) is 142 cm³/mol. The summed E-state index contributed by atoms with van der Waals surface area (Å²) in [6.45, 7) is 0.